The zero-order valence-corrected chi connectivity index (χ0v) is 12.3. The average Bonchev–Trinajstić information content (AvgIpc) is 2.47. The Morgan fingerprint density at radius 2 is 1.85 bits per heavy atom. The van der Waals surface area contributed by atoms with Gasteiger partial charge in [0.25, 0.3) is 0 Å². The molecule has 0 bridgehead atoms. The van der Waals surface area contributed by atoms with E-state index < -0.39 is 0 Å². The molecule has 0 aliphatic rings. The van der Waals surface area contributed by atoms with Crippen LogP contribution in [0.2, 0.25) is 0 Å². The fourth-order valence-corrected chi connectivity index (χ4v) is 2.11. The maximum Gasteiger partial charge on any atom is 0.227 e. The lowest BCUT2D eigenvalue weighted by Gasteiger charge is -2.16. The summed E-state index contributed by atoms with van der Waals surface area (Å²) in [5.41, 5.74) is 6.84. The largest absolute Gasteiger partial charge is 0.438 e. The highest BCUT2D eigenvalue weighted by atomic mass is 16.5. The van der Waals surface area contributed by atoms with E-state index in [1.165, 1.54) is 11.9 Å². The van der Waals surface area contributed by atoms with E-state index in [1.54, 1.807) is 0 Å². The van der Waals surface area contributed by atoms with Crippen LogP contribution in [0.25, 0.3) is 0 Å². The van der Waals surface area contributed by atoms with E-state index in [0.29, 0.717) is 11.7 Å². The summed E-state index contributed by atoms with van der Waals surface area (Å²) in [6.07, 6.45) is 2.18. The van der Waals surface area contributed by atoms with Gasteiger partial charge in [0, 0.05) is 0 Å². The molecule has 0 spiro atoms. The maximum atomic E-state index is 6.04. The fourth-order valence-electron chi connectivity index (χ4n) is 2.11. The van der Waals surface area contributed by atoms with Gasteiger partial charge in [-0.05, 0) is 43.9 Å². The first-order valence-corrected chi connectivity index (χ1v) is 6.63. The van der Waals surface area contributed by atoms with Crippen molar-refractivity contribution in [1.82, 2.24) is 9.97 Å². The highest BCUT2D eigenvalue weighted by Gasteiger charge is 2.14. The van der Waals surface area contributed by atoms with E-state index in [4.69, 9.17) is 10.6 Å². The van der Waals surface area contributed by atoms with Crippen molar-refractivity contribution in [1.29, 1.82) is 0 Å². The van der Waals surface area contributed by atoms with Crippen molar-refractivity contribution in [2.24, 2.45) is 5.84 Å². The standard InChI is InChI=1S/C15H20N4O/c1-5-12-14(19-16)17-8-18-15(12)20-13-10(3)7-6-9(2)11(13)4/h6-8H,5,16H2,1-4H3,(H,17,18,19). The van der Waals surface area contributed by atoms with Gasteiger partial charge in [-0.2, -0.15) is 0 Å². The van der Waals surface area contributed by atoms with Crippen LogP contribution in [-0.4, -0.2) is 9.97 Å². The fraction of sp³-hybridized carbons (Fsp3) is 0.333. The maximum absolute atomic E-state index is 6.04. The third-order valence-corrected chi connectivity index (χ3v) is 3.47. The molecule has 0 amide bonds. The average molecular weight is 272 g/mol. The van der Waals surface area contributed by atoms with Crippen LogP contribution in [0, 0.1) is 20.8 Å². The van der Waals surface area contributed by atoms with Crippen molar-refractivity contribution in [2.45, 2.75) is 34.1 Å². The zero-order chi connectivity index (χ0) is 14.7. The second-order valence-electron chi connectivity index (χ2n) is 4.76. The molecule has 1 aromatic heterocycles. The van der Waals surface area contributed by atoms with Crippen LogP contribution in [0.15, 0.2) is 18.5 Å². The Kier molecular flexibility index (Phi) is 4.20. The van der Waals surface area contributed by atoms with Crippen molar-refractivity contribution in [3.63, 3.8) is 0 Å². The number of ether oxygens (including phenoxy) is 1. The molecule has 2 rings (SSSR count). The molecule has 0 aliphatic carbocycles. The van der Waals surface area contributed by atoms with Gasteiger partial charge in [0.15, 0.2) is 0 Å². The molecule has 2 aromatic rings. The van der Waals surface area contributed by atoms with E-state index in [0.717, 1.165) is 28.9 Å². The summed E-state index contributed by atoms with van der Waals surface area (Å²) >= 11 is 0. The van der Waals surface area contributed by atoms with Crippen LogP contribution >= 0.6 is 0 Å². The van der Waals surface area contributed by atoms with Gasteiger partial charge < -0.3 is 10.2 Å². The number of hydrazine groups is 1. The van der Waals surface area contributed by atoms with Gasteiger partial charge in [0.2, 0.25) is 5.88 Å². The smallest absolute Gasteiger partial charge is 0.227 e. The number of aryl methyl sites for hydroxylation is 2. The number of anilines is 1. The van der Waals surface area contributed by atoms with Crippen molar-refractivity contribution >= 4 is 5.82 Å². The molecule has 5 heteroatoms. The topological polar surface area (TPSA) is 73.1 Å². The van der Waals surface area contributed by atoms with Gasteiger partial charge in [-0.15, -0.1) is 0 Å². The minimum atomic E-state index is 0.548. The number of nitrogens with zero attached hydrogens (tertiary/aromatic N) is 2. The summed E-state index contributed by atoms with van der Waals surface area (Å²) in [6.45, 7) is 8.15. The van der Waals surface area contributed by atoms with E-state index in [2.05, 4.69) is 28.4 Å². The Morgan fingerprint density at radius 3 is 2.50 bits per heavy atom. The number of nitrogens with two attached hydrogens (primary N) is 1. The third-order valence-electron chi connectivity index (χ3n) is 3.47. The third kappa shape index (κ3) is 2.58. The number of nitrogens with one attached hydrogen (secondary N) is 1. The Bertz CT molecular complexity index is 626. The van der Waals surface area contributed by atoms with Crippen LogP contribution in [0.3, 0.4) is 0 Å². The summed E-state index contributed by atoms with van der Waals surface area (Å²) < 4.78 is 6.04. The predicted molar refractivity (Wildman–Crippen MR) is 79.9 cm³/mol. The van der Waals surface area contributed by atoms with Crippen LogP contribution in [0.4, 0.5) is 5.82 Å². The van der Waals surface area contributed by atoms with Crippen molar-refractivity contribution < 1.29 is 4.74 Å². The van der Waals surface area contributed by atoms with Gasteiger partial charge in [0.05, 0.1) is 5.56 Å². The first kappa shape index (κ1) is 14.3. The minimum absolute atomic E-state index is 0.548. The predicted octanol–water partition coefficient (Wildman–Crippen LogP) is 3.04. The normalized spacial score (nSPS) is 10.4. The van der Waals surface area contributed by atoms with Crippen LogP contribution in [0.1, 0.15) is 29.2 Å². The highest BCUT2D eigenvalue weighted by molar-refractivity contribution is 5.51. The second-order valence-corrected chi connectivity index (χ2v) is 4.76. The molecule has 20 heavy (non-hydrogen) atoms. The highest BCUT2D eigenvalue weighted by Crippen LogP contribution is 2.32. The molecule has 0 unspecified atom stereocenters. The van der Waals surface area contributed by atoms with Crippen molar-refractivity contribution in [3.8, 4) is 11.6 Å². The first-order valence-electron chi connectivity index (χ1n) is 6.63. The molecule has 3 N–H and O–H groups in total. The molecule has 0 radical (unpaired) electrons. The van der Waals surface area contributed by atoms with E-state index in [1.807, 2.05) is 26.8 Å². The monoisotopic (exact) mass is 272 g/mol. The lowest BCUT2D eigenvalue weighted by molar-refractivity contribution is 0.448. The lowest BCUT2D eigenvalue weighted by atomic mass is 10.1. The zero-order valence-electron chi connectivity index (χ0n) is 12.3. The molecular weight excluding hydrogens is 252 g/mol. The molecule has 0 fully saturated rings. The summed E-state index contributed by atoms with van der Waals surface area (Å²) in [4.78, 5) is 8.34. The van der Waals surface area contributed by atoms with Crippen molar-refractivity contribution in [2.75, 3.05) is 5.43 Å². The number of nitrogen functional groups attached to an aromatic ring is 1. The number of benzene rings is 1. The molecule has 0 aliphatic heterocycles. The van der Waals surface area contributed by atoms with Gasteiger partial charge in [-0.3, -0.25) is 0 Å². The van der Waals surface area contributed by atoms with Crippen LogP contribution in [0.5, 0.6) is 11.6 Å². The molecule has 0 saturated carbocycles. The molecular formula is C15H20N4O. The quantitative estimate of drug-likeness (QED) is 0.661. The molecule has 0 atom stereocenters. The number of hydrogen-bond acceptors (Lipinski definition) is 5. The Morgan fingerprint density at radius 1 is 1.15 bits per heavy atom. The minimum Gasteiger partial charge on any atom is -0.438 e. The van der Waals surface area contributed by atoms with E-state index in [9.17, 15) is 0 Å². The molecule has 106 valence electrons. The SMILES string of the molecule is CCc1c(NN)ncnc1Oc1c(C)ccc(C)c1C. The number of hydrogen-bond donors (Lipinski definition) is 2. The molecule has 0 saturated heterocycles. The van der Waals surface area contributed by atoms with Gasteiger partial charge in [-0.1, -0.05) is 19.1 Å². The van der Waals surface area contributed by atoms with E-state index in [-0.39, 0.29) is 0 Å². The molecule has 1 aromatic carbocycles. The summed E-state index contributed by atoms with van der Waals surface area (Å²) in [6, 6.07) is 4.14. The van der Waals surface area contributed by atoms with E-state index >= 15 is 0 Å². The summed E-state index contributed by atoms with van der Waals surface area (Å²) in [5, 5.41) is 0. The first-order chi connectivity index (χ1) is 9.58. The Labute approximate surface area is 119 Å². The molecule has 1 heterocycles. The Hall–Kier alpha value is -2.14. The van der Waals surface area contributed by atoms with Crippen LogP contribution in [-0.2, 0) is 6.42 Å². The van der Waals surface area contributed by atoms with Gasteiger partial charge in [-0.25, -0.2) is 15.8 Å². The van der Waals surface area contributed by atoms with Crippen molar-refractivity contribution in [3.05, 3.63) is 40.7 Å². The number of aromatic nitrogens is 2. The molecule has 5 nitrogen and oxygen atoms in total. The summed E-state index contributed by atoms with van der Waals surface area (Å²) in [7, 11) is 0. The van der Waals surface area contributed by atoms with Gasteiger partial charge in [0.1, 0.15) is 17.9 Å². The lowest BCUT2D eigenvalue weighted by Crippen LogP contribution is -2.12. The number of rotatable bonds is 4. The second kappa shape index (κ2) is 5.88. The van der Waals surface area contributed by atoms with Gasteiger partial charge >= 0.3 is 0 Å². The summed E-state index contributed by atoms with van der Waals surface area (Å²) in [5.74, 6) is 7.47. The van der Waals surface area contributed by atoms with Crippen LogP contribution < -0.4 is 16.0 Å². The Balaban J connectivity index is 2.48.